The molecule has 1 aromatic carbocycles. The van der Waals surface area contributed by atoms with E-state index in [1.807, 2.05) is 26.8 Å². The number of ketones is 1. The zero-order valence-corrected chi connectivity index (χ0v) is 13.3. The molecule has 0 radical (unpaired) electrons. The molecule has 0 fully saturated rings. The van der Waals surface area contributed by atoms with Gasteiger partial charge in [-0.2, -0.15) is 5.10 Å². The van der Waals surface area contributed by atoms with E-state index in [1.165, 1.54) is 0 Å². The Labute approximate surface area is 125 Å². The van der Waals surface area contributed by atoms with E-state index in [4.69, 9.17) is 11.6 Å². The van der Waals surface area contributed by atoms with Crippen LogP contribution in [0, 0.1) is 6.92 Å². The molecule has 3 nitrogen and oxygen atoms in total. The van der Waals surface area contributed by atoms with Crippen LogP contribution < -0.4 is 0 Å². The molecule has 19 heavy (non-hydrogen) atoms. The molecular formula is C14H14BrClN2O. The van der Waals surface area contributed by atoms with Crippen LogP contribution in [0.2, 0.25) is 5.02 Å². The van der Waals surface area contributed by atoms with E-state index in [0.717, 1.165) is 5.56 Å². The first-order valence-corrected chi connectivity index (χ1v) is 7.12. The minimum absolute atomic E-state index is 0.0712. The number of halogens is 2. The molecule has 1 aromatic heterocycles. The highest BCUT2D eigenvalue weighted by molar-refractivity contribution is 9.10. The molecule has 0 spiro atoms. The van der Waals surface area contributed by atoms with Crippen molar-refractivity contribution in [3.63, 3.8) is 0 Å². The van der Waals surface area contributed by atoms with Crippen LogP contribution in [0.15, 0.2) is 28.9 Å². The van der Waals surface area contributed by atoms with E-state index in [2.05, 4.69) is 21.0 Å². The summed E-state index contributed by atoms with van der Waals surface area (Å²) in [6.07, 6.45) is 1.65. The Bertz CT molecular complexity index is 634. The van der Waals surface area contributed by atoms with E-state index in [9.17, 15) is 4.79 Å². The molecule has 0 amide bonds. The number of hydrogen-bond acceptors (Lipinski definition) is 2. The minimum Gasteiger partial charge on any atom is -0.287 e. The number of hydrogen-bond donors (Lipinski definition) is 0. The van der Waals surface area contributed by atoms with Gasteiger partial charge in [-0.1, -0.05) is 17.7 Å². The molecule has 0 atom stereocenters. The smallest absolute Gasteiger partial charge is 0.212 e. The highest BCUT2D eigenvalue weighted by atomic mass is 79.9. The van der Waals surface area contributed by atoms with Crippen molar-refractivity contribution in [1.29, 1.82) is 0 Å². The number of rotatable bonds is 3. The van der Waals surface area contributed by atoms with Gasteiger partial charge in [0.1, 0.15) is 5.69 Å². The minimum atomic E-state index is -0.0712. The van der Waals surface area contributed by atoms with Gasteiger partial charge >= 0.3 is 0 Å². The van der Waals surface area contributed by atoms with Crippen molar-refractivity contribution in [2.45, 2.75) is 26.8 Å². The second-order valence-corrected chi connectivity index (χ2v) is 5.96. The summed E-state index contributed by atoms with van der Waals surface area (Å²) >= 11 is 9.37. The van der Waals surface area contributed by atoms with Crippen LogP contribution >= 0.6 is 27.5 Å². The van der Waals surface area contributed by atoms with Crippen LogP contribution in [-0.2, 0) is 0 Å². The molecule has 0 unspecified atom stereocenters. The average molecular weight is 342 g/mol. The van der Waals surface area contributed by atoms with Gasteiger partial charge in [0.2, 0.25) is 5.78 Å². The monoisotopic (exact) mass is 340 g/mol. The Hall–Kier alpha value is -1.13. The van der Waals surface area contributed by atoms with E-state index >= 15 is 0 Å². The van der Waals surface area contributed by atoms with E-state index in [1.54, 1.807) is 23.0 Å². The largest absolute Gasteiger partial charge is 0.287 e. The maximum atomic E-state index is 12.7. The third-order valence-corrected chi connectivity index (χ3v) is 3.71. The second kappa shape index (κ2) is 5.47. The molecule has 0 N–H and O–H groups in total. The van der Waals surface area contributed by atoms with Gasteiger partial charge in [0.25, 0.3) is 0 Å². The van der Waals surface area contributed by atoms with Crippen LogP contribution in [0.1, 0.15) is 41.5 Å². The molecule has 0 saturated heterocycles. The molecule has 0 aliphatic heterocycles. The van der Waals surface area contributed by atoms with E-state index < -0.39 is 0 Å². The van der Waals surface area contributed by atoms with Gasteiger partial charge in [-0.3, -0.25) is 9.48 Å². The molecule has 0 bridgehead atoms. The Morgan fingerprint density at radius 1 is 1.42 bits per heavy atom. The van der Waals surface area contributed by atoms with Gasteiger partial charge in [-0.05, 0) is 54.4 Å². The van der Waals surface area contributed by atoms with E-state index in [-0.39, 0.29) is 11.8 Å². The normalized spacial score (nSPS) is 11.1. The predicted octanol–water partition coefficient (Wildman–Crippen LogP) is 4.42. The summed E-state index contributed by atoms with van der Waals surface area (Å²) in [4.78, 5) is 12.7. The average Bonchev–Trinajstić information content (AvgIpc) is 2.73. The van der Waals surface area contributed by atoms with Crippen molar-refractivity contribution in [1.82, 2.24) is 9.78 Å². The molecule has 100 valence electrons. The van der Waals surface area contributed by atoms with Gasteiger partial charge in [0.05, 0.1) is 10.7 Å². The van der Waals surface area contributed by atoms with Crippen molar-refractivity contribution in [2.75, 3.05) is 0 Å². The highest BCUT2D eigenvalue weighted by Crippen LogP contribution is 2.25. The Kier molecular flexibility index (Phi) is 4.11. The summed E-state index contributed by atoms with van der Waals surface area (Å²) in [6.45, 7) is 5.87. The molecule has 1 heterocycles. The lowest BCUT2D eigenvalue weighted by Crippen LogP contribution is -2.14. The van der Waals surface area contributed by atoms with Gasteiger partial charge in [0, 0.05) is 16.6 Å². The Morgan fingerprint density at radius 3 is 2.74 bits per heavy atom. The quantitative estimate of drug-likeness (QED) is 0.775. The van der Waals surface area contributed by atoms with Gasteiger partial charge in [-0.25, -0.2) is 0 Å². The summed E-state index contributed by atoms with van der Waals surface area (Å²) in [5.74, 6) is -0.0712. The van der Waals surface area contributed by atoms with Crippen LogP contribution in [-0.4, -0.2) is 15.6 Å². The molecular weight excluding hydrogens is 328 g/mol. The van der Waals surface area contributed by atoms with Crippen molar-refractivity contribution >= 4 is 33.3 Å². The topological polar surface area (TPSA) is 34.9 Å². The van der Waals surface area contributed by atoms with Gasteiger partial charge < -0.3 is 0 Å². The van der Waals surface area contributed by atoms with Crippen molar-refractivity contribution in [3.05, 3.63) is 50.7 Å². The van der Waals surface area contributed by atoms with Crippen molar-refractivity contribution < 1.29 is 4.79 Å². The maximum Gasteiger partial charge on any atom is 0.212 e. The zero-order chi connectivity index (χ0) is 14.2. The SMILES string of the molecule is Cc1ccc(Cl)cc1C(=O)c1c(Br)cnn1C(C)C. The number of carbonyl (C=O) groups is 1. The van der Waals surface area contributed by atoms with Crippen molar-refractivity contribution in [3.8, 4) is 0 Å². The number of benzene rings is 1. The summed E-state index contributed by atoms with van der Waals surface area (Å²) in [7, 11) is 0. The van der Waals surface area contributed by atoms with Gasteiger partial charge in [-0.15, -0.1) is 0 Å². The third-order valence-electron chi connectivity index (χ3n) is 2.90. The summed E-state index contributed by atoms with van der Waals surface area (Å²) in [5.41, 5.74) is 2.06. The molecule has 5 heteroatoms. The van der Waals surface area contributed by atoms with Crippen LogP contribution in [0.4, 0.5) is 0 Å². The first-order valence-electron chi connectivity index (χ1n) is 5.95. The lowest BCUT2D eigenvalue weighted by atomic mass is 10.0. The van der Waals surface area contributed by atoms with E-state index in [0.29, 0.717) is 20.8 Å². The first-order chi connectivity index (χ1) is 8.91. The fourth-order valence-corrected chi connectivity index (χ4v) is 2.54. The fraction of sp³-hybridized carbons (Fsp3) is 0.286. The predicted molar refractivity (Wildman–Crippen MR) is 79.9 cm³/mol. The standard InChI is InChI=1S/C14H14BrClN2O/c1-8(2)18-13(12(15)7-17-18)14(19)11-6-10(16)5-4-9(11)3/h4-8H,1-3H3. The lowest BCUT2D eigenvalue weighted by molar-refractivity contribution is 0.102. The number of aromatic nitrogens is 2. The first kappa shape index (κ1) is 14.3. The van der Waals surface area contributed by atoms with Crippen LogP contribution in [0.5, 0.6) is 0 Å². The van der Waals surface area contributed by atoms with Crippen LogP contribution in [0.3, 0.4) is 0 Å². The Morgan fingerprint density at radius 2 is 2.11 bits per heavy atom. The number of carbonyl (C=O) groups excluding carboxylic acids is 1. The molecule has 0 saturated carbocycles. The Balaban J connectivity index is 2.56. The molecule has 0 aliphatic carbocycles. The molecule has 0 aliphatic rings. The third kappa shape index (κ3) is 2.74. The molecule has 2 aromatic rings. The maximum absolute atomic E-state index is 12.7. The lowest BCUT2D eigenvalue weighted by Gasteiger charge is -2.12. The fourth-order valence-electron chi connectivity index (χ4n) is 1.91. The van der Waals surface area contributed by atoms with Gasteiger partial charge in [0.15, 0.2) is 0 Å². The molecule has 2 rings (SSSR count). The summed E-state index contributed by atoms with van der Waals surface area (Å²) < 4.78 is 2.41. The second-order valence-electron chi connectivity index (χ2n) is 4.67. The number of aryl methyl sites for hydroxylation is 1. The van der Waals surface area contributed by atoms with Crippen molar-refractivity contribution in [2.24, 2.45) is 0 Å². The van der Waals surface area contributed by atoms with Crippen LogP contribution in [0.25, 0.3) is 0 Å². The highest BCUT2D eigenvalue weighted by Gasteiger charge is 2.21. The summed E-state index contributed by atoms with van der Waals surface area (Å²) in [5, 5.41) is 4.79. The summed E-state index contributed by atoms with van der Waals surface area (Å²) in [6, 6.07) is 5.44. The zero-order valence-electron chi connectivity index (χ0n) is 10.9. The number of nitrogens with zero attached hydrogens (tertiary/aromatic N) is 2.